The average Bonchev–Trinajstić information content (AvgIpc) is 2.88. The number of nitrogens with one attached hydrogen (secondary N) is 1. The standard InChI is InChI=1S/C14H18Cl2N2/c1-9-13-6-17-5-11(13)8-18(9)7-10-2-3-12(15)4-14(10)16/h2-4,9,11,13,17H,5-8H2,1H3. The molecule has 1 aromatic carbocycles. The molecule has 2 nitrogen and oxygen atoms in total. The lowest BCUT2D eigenvalue weighted by atomic mass is 9.95. The van der Waals surface area contributed by atoms with E-state index in [-0.39, 0.29) is 0 Å². The molecule has 4 heteroatoms. The first-order valence-corrected chi connectivity index (χ1v) is 7.29. The Labute approximate surface area is 118 Å². The van der Waals surface area contributed by atoms with Crippen molar-refractivity contribution in [3.63, 3.8) is 0 Å². The summed E-state index contributed by atoms with van der Waals surface area (Å²) in [5.41, 5.74) is 1.18. The molecule has 2 saturated heterocycles. The van der Waals surface area contributed by atoms with Gasteiger partial charge < -0.3 is 5.32 Å². The third kappa shape index (κ3) is 2.27. The SMILES string of the molecule is CC1C2CNCC2CN1Cc1ccc(Cl)cc1Cl. The van der Waals surface area contributed by atoms with Crippen LogP contribution in [0.3, 0.4) is 0 Å². The molecule has 18 heavy (non-hydrogen) atoms. The van der Waals surface area contributed by atoms with Gasteiger partial charge in [-0.25, -0.2) is 0 Å². The Balaban J connectivity index is 1.73. The van der Waals surface area contributed by atoms with Crippen LogP contribution in [0.2, 0.25) is 10.0 Å². The van der Waals surface area contributed by atoms with Gasteiger partial charge in [-0.1, -0.05) is 29.3 Å². The largest absolute Gasteiger partial charge is 0.316 e. The molecular weight excluding hydrogens is 267 g/mol. The van der Waals surface area contributed by atoms with E-state index in [1.54, 1.807) is 0 Å². The molecule has 0 aromatic heterocycles. The lowest BCUT2D eigenvalue weighted by Crippen LogP contribution is -2.32. The van der Waals surface area contributed by atoms with Crippen molar-refractivity contribution in [3.05, 3.63) is 33.8 Å². The van der Waals surface area contributed by atoms with Gasteiger partial charge in [0.25, 0.3) is 0 Å². The van der Waals surface area contributed by atoms with Crippen molar-refractivity contribution in [3.8, 4) is 0 Å². The molecular formula is C14H18Cl2N2. The van der Waals surface area contributed by atoms with Crippen LogP contribution in [0.4, 0.5) is 0 Å². The van der Waals surface area contributed by atoms with Gasteiger partial charge in [0.15, 0.2) is 0 Å². The minimum atomic E-state index is 0.636. The molecule has 0 amide bonds. The molecule has 3 rings (SSSR count). The van der Waals surface area contributed by atoms with Gasteiger partial charge in [0.1, 0.15) is 0 Å². The van der Waals surface area contributed by atoms with E-state index < -0.39 is 0 Å². The smallest absolute Gasteiger partial charge is 0.0465 e. The molecule has 98 valence electrons. The zero-order chi connectivity index (χ0) is 12.7. The lowest BCUT2D eigenvalue weighted by molar-refractivity contribution is 0.231. The fourth-order valence-electron chi connectivity index (χ4n) is 3.33. The molecule has 2 heterocycles. The molecule has 2 aliphatic heterocycles. The summed E-state index contributed by atoms with van der Waals surface area (Å²) in [6.45, 7) is 6.78. The Morgan fingerprint density at radius 2 is 2.17 bits per heavy atom. The Kier molecular flexibility index (Phi) is 3.55. The van der Waals surface area contributed by atoms with Crippen molar-refractivity contribution < 1.29 is 0 Å². The molecule has 2 aliphatic rings. The Morgan fingerprint density at radius 3 is 2.89 bits per heavy atom. The summed E-state index contributed by atoms with van der Waals surface area (Å²) in [7, 11) is 0. The Morgan fingerprint density at radius 1 is 1.33 bits per heavy atom. The molecule has 0 radical (unpaired) electrons. The van der Waals surface area contributed by atoms with Crippen molar-refractivity contribution >= 4 is 23.2 Å². The van der Waals surface area contributed by atoms with Gasteiger partial charge in [0, 0.05) is 29.2 Å². The Hall–Kier alpha value is -0.280. The fraction of sp³-hybridized carbons (Fsp3) is 0.571. The van der Waals surface area contributed by atoms with E-state index in [4.69, 9.17) is 23.2 Å². The van der Waals surface area contributed by atoms with E-state index in [0.717, 1.165) is 29.9 Å². The second-order valence-electron chi connectivity index (χ2n) is 5.49. The number of hydrogen-bond acceptors (Lipinski definition) is 2. The highest BCUT2D eigenvalue weighted by Crippen LogP contribution is 2.34. The topological polar surface area (TPSA) is 15.3 Å². The second-order valence-corrected chi connectivity index (χ2v) is 6.33. The fourth-order valence-corrected chi connectivity index (χ4v) is 3.80. The van der Waals surface area contributed by atoms with Crippen LogP contribution in [0.5, 0.6) is 0 Å². The average molecular weight is 285 g/mol. The monoisotopic (exact) mass is 284 g/mol. The quantitative estimate of drug-likeness (QED) is 0.898. The van der Waals surface area contributed by atoms with Gasteiger partial charge in [0.05, 0.1) is 0 Å². The van der Waals surface area contributed by atoms with Crippen LogP contribution in [0.1, 0.15) is 12.5 Å². The van der Waals surface area contributed by atoms with Gasteiger partial charge in [-0.2, -0.15) is 0 Å². The second kappa shape index (κ2) is 5.01. The summed E-state index contributed by atoms with van der Waals surface area (Å²) < 4.78 is 0. The highest BCUT2D eigenvalue weighted by Gasteiger charge is 2.41. The van der Waals surface area contributed by atoms with Crippen molar-refractivity contribution in [1.82, 2.24) is 10.2 Å². The zero-order valence-corrected chi connectivity index (χ0v) is 12.0. The minimum Gasteiger partial charge on any atom is -0.316 e. The summed E-state index contributed by atoms with van der Waals surface area (Å²) in [6, 6.07) is 6.44. The van der Waals surface area contributed by atoms with Crippen molar-refractivity contribution in [1.29, 1.82) is 0 Å². The lowest BCUT2D eigenvalue weighted by Gasteiger charge is -2.24. The van der Waals surface area contributed by atoms with Gasteiger partial charge in [-0.15, -0.1) is 0 Å². The first-order chi connectivity index (χ1) is 8.65. The predicted octanol–water partition coefficient (Wildman–Crippen LogP) is 3.03. The highest BCUT2D eigenvalue weighted by molar-refractivity contribution is 6.35. The van der Waals surface area contributed by atoms with Crippen LogP contribution in [0.25, 0.3) is 0 Å². The minimum absolute atomic E-state index is 0.636. The van der Waals surface area contributed by atoms with Crippen molar-refractivity contribution in [2.75, 3.05) is 19.6 Å². The summed E-state index contributed by atoms with van der Waals surface area (Å²) in [5.74, 6) is 1.61. The normalized spacial score (nSPS) is 31.8. The molecule has 3 atom stereocenters. The summed E-state index contributed by atoms with van der Waals surface area (Å²) in [4.78, 5) is 2.55. The molecule has 0 aliphatic carbocycles. The summed E-state index contributed by atoms with van der Waals surface area (Å²) in [6.07, 6.45) is 0. The van der Waals surface area contributed by atoms with Crippen LogP contribution in [-0.2, 0) is 6.54 Å². The number of hydrogen-bond donors (Lipinski definition) is 1. The van der Waals surface area contributed by atoms with Crippen LogP contribution in [0, 0.1) is 11.8 Å². The molecule has 1 N–H and O–H groups in total. The van der Waals surface area contributed by atoms with E-state index in [9.17, 15) is 0 Å². The molecule has 3 unspecified atom stereocenters. The van der Waals surface area contributed by atoms with Crippen LogP contribution >= 0.6 is 23.2 Å². The van der Waals surface area contributed by atoms with Crippen LogP contribution in [0.15, 0.2) is 18.2 Å². The van der Waals surface area contributed by atoms with Gasteiger partial charge in [-0.3, -0.25) is 4.90 Å². The van der Waals surface area contributed by atoms with Gasteiger partial charge >= 0.3 is 0 Å². The molecule has 1 aromatic rings. The van der Waals surface area contributed by atoms with E-state index in [1.807, 2.05) is 18.2 Å². The molecule has 0 saturated carbocycles. The van der Waals surface area contributed by atoms with Crippen molar-refractivity contribution in [2.45, 2.75) is 19.5 Å². The van der Waals surface area contributed by atoms with E-state index in [1.165, 1.54) is 18.7 Å². The zero-order valence-electron chi connectivity index (χ0n) is 10.5. The summed E-state index contributed by atoms with van der Waals surface area (Å²) in [5, 5.41) is 4.98. The van der Waals surface area contributed by atoms with Crippen molar-refractivity contribution in [2.24, 2.45) is 11.8 Å². The highest BCUT2D eigenvalue weighted by atomic mass is 35.5. The summed E-state index contributed by atoms with van der Waals surface area (Å²) >= 11 is 12.2. The third-order valence-corrected chi connectivity index (χ3v) is 5.03. The van der Waals surface area contributed by atoms with E-state index >= 15 is 0 Å². The number of halogens is 2. The van der Waals surface area contributed by atoms with Gasteiger partial charge in [0.2, 0.25) is 0 Å². The first-order valence-electron chi connectivity index (χ1n) is 6.54. The number of nitrogens with zero attached hydrogens (tertiary/aromatic N) is 1. The number of fused-ring (bicyclic) bond motifs is 1. The Bertz CT molecular complexity index is 449. The molecule has 0 bridgehead atoms. The van der Waals surface area contributed by atoms with Crippen LogP contribution < -0.4 is 5.32 Å². The maximum atomic E-state index is 6.25. The number of benzene rings is 1. The van der Waals surface area contributed by atoms with Crippen LogP contribution in [-0.4, -0.2) is 30.6 Å². The van der Waals surface area contributed by atoms with E-state index in [2.05, 4.69) is 17.1 Å². The molecule has 2 fully saturated rings. The number of likely N-dealkylation sites (tertiary alicyclic amines) is 1. The third-order valence-electron chi connectivity index (χ3n) is 4.45. The maximum absolute atomic E-state index is 6.25. The van der Waals surface area contributed by atoms with E-state index in [0.29, 0.717) is 11.1 Å². The maximum Gasteiger partial charge on any atom is 0.0465 e. The first kappa shape index (κ1) is 12.7. The van der Waals surface area contributed by atoms with Gasteiger partial charge in [-0.05, 0) is 49.5 Å². The molecule has 0 spiro atoms. The number of rotatable bonds is 2. The predicted molar refractivity (Wildman–Crippen MR) is 76.2 cm³/mol.